The van der Waals surface area contributed by atoms with Crippen LogP contribution in [-0.4, -0.2) is 35.3 Å². The van der Waals surface area contributed by atoms with Crippen LogP contribution in [0.2, 0.25) is 0 Å². The first-order valence-corrected chi connectivity index (χ1v) is 10.1. The van der Waals surface area contributed by atoms with E-state index in [4.69, 9.17) is 15.0 Å². The first-order chi connectivity index (χ1) is 13.9. The maximum absolute atomic E-state index is 5.10. The summed E-state index contributed by atoms with van der Waals surface area (Å²) in [7, 11) is 0. The van der Waals surface area contributed by atoms with Gasteiger partial charge in [-0.1, -0.05) is 55.1 Å². The van der Waals surface area contributed by atoms with Crippen LogP contribution in [0.25, 0.3) is 0 Å². The van der Waals surface area contributed by atoms with Crippen LogP contribution in [-0.2, 0) is 0 Å². The molecule has 0 radical (unpaired) electrons. The Hall–Kier alpha value is -2.81. The molecular formula is C26H33N3. The molecule has 0 aliphatic carbocycles. The molecular weight excluding hydrogens is 354 g/mol. The highest BCUT2D eigenvalue weighted by atomic mass is 15.0. The standard InChI is InChI=1S/C26H33N3/c1-8-12-18-27-26(7,17-9-2)25(28-19(5)6)24-21-16-14-13-15-20(21)22(10-3)29-23(24)11-4/h8-18,23-25H,3-4H2,1-2,5-7H3/b12-8-,17-9-,27-18-. The van der Waals surface area contributed by atoms with E-state index in [-0.39, 0.29) is 18.0 Å². The summed E-state index contributed by atoms with van der Waals surface area (Å²) in [5, 5.41) is 0. The van der Waals surface area contributed by atoms with Gasteiger partial charge in [0.1, 0.15) is 0 Å². The Balaban J connectivity index is 2.76. The zero-order valence-electron chi connectivity index (χ0n) is 18.3. The molecule has 1 aromatic rings. The summed E-state index contributed by atoms with van der Waals surface area (Å²) in [5.41, 5.74) is 3.73. The third-order valence-electron chi connectivity index (χ3n) is 5.16. The Bertz CT molecular complexity index is 881. The van der Waals surface area contributed by atoms with E-state index in [1.54, 1.807) is 0 Å². The minimum absolute atomic E-state index is 0.0197. The van der Waals surface area contributed by atoms with Crippen molar-refractivity contribution >= 4 is 17.6 Å². The summed E-state index contributed by atoms with van der Waals surface area (Å²) in [6, 6.07) is 8.17. The van der Waals surface area contributed by atoms with Gasteiger partial charge in [0.05, 0.1) is 23.3 Å². The molecule has 2 rings (SSSR count). The fourth-order valence-corrected chi connectivity index (χ4v) is 3.93. The molecule has 1 aromatic carbocycles. The molecule has 0 amide bonds. The second-order valence-electron chi connectivity index (χ2n) is 7.61. The lowest BCUT2D eigenvalue weighted by atomic mass is 9.72. The Morgan fingerprint density at radius 3 is 2.48 bits per heavy atom. The molecule has 0 N–H and O–H groups in total. The second-order valence-corrected chi connectivity index (χ2v) is 7.61. The van der Waals surface area contributed by atoms with E-state index in [0.717, 1.165) is 17.0 Å². The normalized spacial score (nSPS) is 22.2. The summed E-state index contributed by atoms with van der Waals surface area (Å²) in [6.45, 7) is 18.3. The largest absolute Gasteiger partial charge is 0.288 e. The van der Waals surface area contributed by atoms with Crippen molar-refractivity contribution in [2.75, 3.05) is 0 Å². The summed E-state index contributed by atoms with van der Waals surface area (Å²) in [5.74, 6) is 0.0197. The molecule has 29 heavy (non-hydrogen) atoms. The summed E-state index contributed by atoms with van der Waals surface area (Å²) >= 11 is 0. The van der Waals surface area contributed by atoms with Gasteiger partial charge in [-0.2, -0.15) is 0 Å². The minimum Gasteiger partial charge on any atom is -0.288 e. The topological polar surface area (TPSA) is 37.1 Å². The van der Waals surface area contributed by atoms with Gasteiger partial charge in [0, 0.05) is 23.4 Å². The van der Waals surface area contributed by atoms with Gasteiger partial charge in [-0.25, -0.2) is 0 Å². The van der Waals surface area contributed by atoms with E-state index in [1.165, 1.54) is 5.56 Å². The van der Waals surface area contributed by atoms with Crippen LogP contribution in [0.3, 0.4) is 0 Å². The van der Waals surface area contributed by atoms with Gasteiger partial charge in [-0.3, -0.25) is 15.0 Å². The monoisotopic (exact) mass is 387 g/mol. The lowest BCUT2D eigenvalue weighted by Gasteiger charge is -2.40. The molecule has 4 unspecified atom stereocenters. The average Bonchev–Trinajstić information content (AvgIpc) is 2.71. The molecule has 1 aliphatic rings. The molecule has 0 fully saturated rings. The predicted octanol–water partition coefficient (Wildman–Crippen LogP) is 6.14. The van der Waals surface area contributed by atoms with E-state index >= 15 is 0 Å². The van der Waals surface area contributed by atoms with Gasteiger partial charge in [-0.05, 0) is 52.3 Å². The molecule has 3 heteroatoms. The summed E-state index contributed by atoms with van der Waals surface area (Å²) < 4.78 is 0. The van der Waals surface area contributed by atoms with Gasteiger partial charge >= 0.3 is 0 Å². The molecule has 4 atom stereocenters. The molecule has 0 saturated heterocycles. The third-order valence-corrected chi connectivity index (χ3v) is 5.16. The first kappa shape index (κ1) is 22.5. The van der Waals surface area contributed by atoms with Crippen molar-refractivity contribution in [3.63, 3.8) is 0 Å². The van der Waals surface area contributed by atoms with Crippen molar-refractivity contribution in [3.05, 3.63) is 85.0 Å². The van der Waals surface area contributed by atoms with Crippen LogP contribution in [0.1, 0.15) is 51.7 Å². The van der Waals surface area contributed by atoms with Crippen LogP contribution < -0.4 is 0 Å². The highest BCUT2D eigenvalue weighted by molar-refractivity contribution is 6.10. The number of rotatable bonds is 8. The van der Waals surface area contributed by atoms with Crippen LogP contribution in [0.15, 0.2) is 88.9 Å². The number of allylic oxidation sites excluding steroid dienone is 4. The smallest absolute Gasteiger partial charge is 0.0988 e. The number of benzene rings is 1. The van der Waals surface area contributed by atoms with Crippen LogP contribution in [0, 0.1) is 0 Å². The molecule has 152 valence electrons. The van der Waals surface area contributed by atoms with Crippen molar-refractivity contribution in [1.82, 2.24) is 0 Å². The Labute approximate surface area is 176 Å². The lowest BCUT2D eigenvalue weighted by molar-refractivity contribution is 0.375. The maximum atomic E-state index is 5.10. The Morgan fingerprint density at radius 1 is 1.17 bits per heavy atom. The van der Waals surface area contributed by atoms with E-state index in [1.807, 2.05) is 64.3 Å². The maximum Gasteiger partial charge on any atom is 0.0988 e. The predicted molar refractivity (Wildman–Crippen MR) is 129 cm³/mol. The number of aliphatic imine (C=N–C) groups is 3. The Kier molecular flexibility index (Phi) is 7.83. The van der Waals surface area contributed by atoms with Crippen molar-refractivity contribution in [3.8, 4) is 0 Å². The summed E-state index contributed by atoms with van der Waals surface area (Å²) in [6.07, 6.45) is 13.7. The van der Waals surface area contributed by atoms with Crippen molar-refractivity contribution in [1.29, 1.82) is 0 Å². The van der Waals surface area contributed by atoms with Crippen molar-refractivity contribution < 1.29 is 0 Å². The average molecular weight is 388 g/mol. The van der Waals surface area contributed by atoms with E-state index in [2.05, 4.69) is 50.4 Å². The van der Waals surface area contributed by atoms with Crippen LogP contribution in [0.5, 0.6) is 0 Å². The van der Waals surface area contributed by atoms with Gasteiger partial charge in [0.25, 0.3) is 0 Å². The zero-order chi connectivity index (χ0) is 21.4. The molecule has 3 nitrogen and oxygen atoms in total. The first-order valence-electron chi connectivity index (χ1n) is 10.1. The van der Waals surface area contributed by atoms with Crippen LogP contribution >= 0.6 is 0 Å². The Morgan fingerprint density at radius 2 is 1.90 bits per heavy atom. The number of hydrogen-bond donors (Lipinski definition) is 0. The highest BCUT2D eigenvalue weighted by Crippen LogP contribution is 2.41. The quantitative estimate of drug-likeness (QED) is 0.379. The fourth-order valence-electron chi connectivity index (χ4n) is 3.93. The molecule has 1 aliphatic heterocycles. The number of nitrogens with zero attached hydrogens (tertiary/aromatic N) is 3. The van der Waals surface area contributed by atoms with Crippen molar-refractivity contribution in [2.45, 2.75) is 58.2 Å². The fraction of sp³-hybridized carbons (Fsp3) is 0.346. The molecule has 0 saturated carbocycles. The van der Waals surface area contributed by atoms with Crippen LogP contribution in [0.4, 0.5) is 0 Å². The minimum atomic E-state index is -0.522. The van der Waals surface area contributed by atoms with Crippen molar-refractivity contribution in [2.24, 2.45) is 15.0 Å². The third kappa shape index (κ3) is 4.97. The molecule has 1 heterocycles. The molecule has 0 spiro atoms. The van der Waals surface area contributed by atoms with E-state index in [0.29, 0.717) is 0 Å². The number of fused-ring (bicyclic) bond motifs is 1. The number of hydrogen-bond acceptors (Lipinski definition) is 3. The molecule has 0 aromatic heterocycles. The van der Waals surface area contributed by atoms with E-state index < -0.39 is 5.54 Å². The molecule has 0 bridgehead atoms. The lowest BCUT2D eigenvalue weighted by Crippen LogP contribution is -2.44. The van der Waals surface area contributed by atoms with Gasteiger partial charge in [0.2, 0.25) is 0 Å². The van der Waals surface area contributed by atoms with Gasteiger partial charge in [0.15, 0.2) is 0 Å². The highest BCUT2D eigenvalue weighted by Gasteiger charge is 2.43. The van der Waals surface area contributed by atoms with E-state index in [9.17, 15) is 0 Å². The van der Waals surface area contributed by atoms with Gasteiger partial charge in [-0.15, -0.1) is 6.58 Å². The zero-order valence-corrected chi connectivity index (χ0v) is 18.3. The SMILES string of the molecule is C=CC1=NC(C=C)C(C(N=C(C)C)C(C)(/C=C\C)/N=C\C=C/C)c2ccccc21. The summed E-state index contributed by atoms with van der Waals surface area (Å²) in [4.78, 5) is 15.0. The van der Waals surface area contributed by atoms with Gasteiger partial charge < -0.3 is 0 Å². The second kappa shape index (κ2) is 10.1.